The van der Waals surface area contributed by atoms with Gasteiger partial charge in [-0.1, -0.05) is 42.5 Å². The first kappa shape index (κ1) is 20.4. The minimum Gasteiger partial charge on any atom is -0.494 e. The van der Waals surface area contributed by atoms with E-state index < -0.39 is 0 Å². The van der Waals surface area contributed by atoms with Crippen LogP contribution in [0.1, 0.15) is 29.9 Å². The van der Waals surface area contributed by atoms with Crippen molar-refractivity contribution in [1.29, 1.82) is 0 Å². The molecule has 0 spiro atoms. The zero-order chi connectivity index (χ0) is 19.8. The zero-order valence-corrected chi connectivity index (χ0v) is 16.5. The van der Waals surface area contributed by atoms with Gasteiger partial charge in [-0.3, -0.25) is 4.79 Å². The summed E-state index contributed by atoms with van der Waals surface area (Å²) in [6.07, 6.45) is 2.08. The standard InChI is InChI=1S/C23H30N2O3/c1-27-15-13-18-9-11-20(12-10-18)28-14-5-8-23(26)25-16-21(22(24)17-25)19-6-3-2-4-7-19/h2-4,6-7,9-12,21-22H,5,8,13-17,24H2,1H3/t21-,22+/m0/s1. The fraction of sp³-hybridized carbons (Fsp3) is 0.435. The first-order valence-electron chi connectivity index (χ1n) is 9.96. The summed E-state index contributed by atoms with van der Waals surface area (Å²) in [7, 11) is 1.70. The molecular formula is C23H30N2O3. The number of benzene rings is 2. The van der Waals surface area contributed by atoms with Crippen molar-refractivity contribution in [3.8, 4) is 5.75 Å². The van der Waals surface area contributed by atoms with Crippen LogP contribution < -0.4 is 10.5 Å². The minimum absolute atomic E-state index is 0.000720. The van der Waals surface area contributed by atoms with E-state index in [0.717, 1.165) is 12.2 Å². The fourth-order valence-corrected chi connectivity index (χ4v) is 3.63. The van der Waals surface area contributed by atoms with Gasteiger partial charge in [0.2, 0.25) is 5.91 Å². The van der Waals surface area contributed by atoms with Crippen molar-refractivity contribution in [3.63, 3.8) is 0 Å². The SMILES string of the molecule is COCCc1ccc(OCCCC(=O)N2C[C@@H](N)[C@H](c3ccccc3)C2)cc1. The molecule has 0 saturated carbocycles. The van der Waals surface area contributed by atoms with Gasteiger partial charge in [-0.05, 0) is 36.1 Å². The predicted octanol–water partition coefficient (Wildman–Crippen LogP) is 2.99. The second-order valence-corrected chi connectivity index (χ2v) is 7.32. The van der Waals surface area contributed by atoms with Crippen molar-refractivity contribution in [2.24, 2.45) is 5.73 Å². The second-order valence-electron chi connectivity index (χ2n) is 7.32. The summed E-state index contributed by atoms with van der Waals surface area (Å²) in [5.74, 6) is 1.21. The van der Waals surface area contributed by atoms with Gasteiger partial charge in [0.1, 0.15) is 5.75 Å². The summed E-state index contributed by atoms with van der Waals surface area (Å²) in [4.78, 5) is 14.4. The number of rotatable bonds is 9. The van der Waals surface area contributed by atoms with E-state index in [-0.39, 0.29) is 17.9 Å². The van der Waals surface area contributed by atoms with Crippen molar-refractivity contribution in [2.75, 3.05) is 33.4 Å². The first-order valence-corrected chi connectivity index (χ1v) is 9.96. The van der Waals surface area contributed by atoms with Crippen LogP contribution in [0.2, 0.25) is 0 Å². The molecule has 3 rings (SSSR count). The molecule has 5 nitrogen and oxygen atoms in total. The largest absolute Gasteiger partial charge is 0.494 e. The third-order valence-electron chi connectivity index (χ3n) is 5.27. The summed E-state index contributed by atoms with van der Waals surface area (Å²) < 4.78 is 10.8. The molecule has 2 atom stereocenters. The maximum absolute atomic E-state index is 12.5. The fourth-order valence-electron chi connectivity index (χ4n) is 3.63. The number of carbonyl (C=O) groups is 1. The Morgan fingerprint density at radius 3 is 2.54 bits per heavy atom. The lowest BCUT2D eigenvalue weighted by Crippen LogP contribution is -2.32. The molecule has 150 valence electrons. The van der Waals surface area contributed by atoms with Crippen LogP contribution in [-0.4, -0.2) is 50.3 Å². The predicted molar refractivity (Wildman–Crippen MR) is 110 cm³/mol. The van der Waals surface area contributed by atoms with Crippen molar-refractivity contribution in [2.45, 2.75) is 31.2 Å². The van der Waals surface area contributed by atoms with E-state index in [0.29, 0.717) is 39.1 Å². The van der Waals surface area contributed by atoms with Crippen molar-refractivity contribution >= 4 is 5.91 Å². The average Bonchev–Trinajstić information content (AvgIpc) is 3.13. The lowest BCUT2D eigenvalue weighted by Gasteiger charge is -2.16. The smallest absolute Gasteiger partial charge is 0.222 e. The number of hydrogen-bond acceptors (Lipinski definition) is 4. The third-order valence-corrected chi connectivity index (χ3v) is 5.27. The lowest BCUT2D eigenvalue weighted by atomic mass is 9.95. The number of nitrogens with zero attached hydrogens (tertiary/aromatic N) is 1. The Hall–Kier alpha value is -2.37. The molecular weight excluding hydrogens is 352 g/mol. The average molecular weight is 383 g/mol. The minimum atomic E-state index is -0.000720. The molecule has 2 aromatic rings. The molecule has 1 aliphatic heterocycles. The van der Waals surface area contributed by atoms with Crippen LogP contribution in [0.4, 0.5) is 0 Å². The van der Waals surface area contributed by atoms with Crippen molar-refractivity contribution < 1.29 is 14.3 Å². The molecule has 0 unspecified atom stereocenters. The Balaban J connectivity index is 1.39. The molecule has 28 heavy (non-hydrogen) atoms. The van der Waals surface area contributed by atoms with Crippen LogP contribution in [0.5, 0.6) is 5.75 Å². The molecule has 1 saturated heterocycles. The van der Waals surface area contributed by atoms with E-state index in [9.17, 15) is 4.79 Å². The van der Waals surface area contributed by atoms with E-state index in [1.54, 1.807) is 7.11 Å². The van der Waals surface area contributed by atoms with E-state index in [1.807, 2.05) is 35.2 Å². The van der Waals surface area contributed by atoms with Crippen LogP contribution in [0.25, 0.3) is 0 Å². The van der Waals surface area contributed by atoms with Crippen molar-refractivity contribution in [3.05, 3.63) is 65.7 Å². The summed E-state index contributed by atoms with van der Waals surface area (Å²) >= 11 is 0. The van der Waals surface area contributed by atoms with Gasteiger partial charge in [-0.2, -0.15) is 0 Å². The summed E-state index contributed by atoms with van der Waals surface area (Å²) in [5, 5.41) is 0. The van der Waals surface area contributed by atoms with E-state index in [2.05, 4.69) is 24.3 Å². The Bertz CT molecular complexity index is 733. The number of hydrogen-bond donors (Lipinski definition) is 1. The molecule has 0 bridgehead atoms. The summed E-state index contributed by atoms with van der Waals surface area (Å²) in [5.41, 5.74) is 8.72. The highest BCUT2D eigenvalue weighted by molar-refractivity contribution is 5.76. The molecule has 5 heteroatoms. The molecule has 1 aliphatic rings. The number of ether oxygens (including phenoxy) is 2. The topological polar surface area (TPSA) is 64.8 Å². The lowest BCUT2D eigenvalue weighted by molar-refractivity contribution is -0.130. The number of amides is 1. The maximum atomic E-state index is 12.5. The van der Waals surface area contributed by atoms with Crippen LogP contribution in [-0.2, 0) is 16.0 Å². The Kier molecular flexibility index (Phi) is 7.46. The maximum Gasteiger partial charge on any atom is 0.222 e. The molecule has 0 aromatic heterocycles. The Morgan fingerprint density at radius 2 is 1.82 bits per heavy atom. The highest BCUT2D eigenvalue weighted by atomic mass is 16.5. The highest BCUT2D eigenvalue weighted by Gasteiger charge is 2.33. The molecule has 1 amide bonds. The molecule has 2 aromatic carbocycles. The normalized spacial score (nSPS) is 19.0. The number of likely N-dealkylation sites (tertiary alicyclic amines) is 1. The Labute approximate surface area is 167 Å². The summed E-state index contributed by atoms with van der Waals surface area (Å²) in [6.45, 7) is 2.58. The van der Waals surface area contributed by atoms with Gasteiger partial charge in [0.15, 0.2) is 0 Å². The molecule has 1 fully saturated rings. The first-order chi connectivity index (χ1) is 13.7. The van der Waals surface area contributed by atoms with Gasteiger partial charge < -0.3 is 20.1 Å². The molecule has 2 N–H and O–H groups in total. The monoisotopic (exact) mass is 382 g/mol. The Morgan fingerprint density at radius 1 is 1.07 bits per heavy atom. The summed E-state index contributed by atoms with van der Waals surface area (Å²) in [6, 6.07) is 18.3. The van der Waals surface area contributed by atoms with Crippen LogP contribution in [0, 0.1) is 0 Å². The molecule has 1 heterocycles. The molecule has 0 radical (unpaired) electrons. The van der Waals surface area contributed by atoms with E-state index in [4.69, 9.17) is 15.2 Å². The van der Waals surface area contributed by atoms with Gasteiger partial charge in [0.05, 0.1) is 13.2 Å². The van der Waals surface area contributed by atoms with Crippen molar-refractivity contribution in [1.82, 2.24) is 4.90 Å². The second kappa shape index (κ2) is 10.2. The number of carbonyl (C=O) groups excluding carboxylic acids is 1. The van der Waals surface area contributed by atoms with Gasteiger partial charge in [-0.25, -0.2) is 0 Å². The van der Waals surface area contributed by atoms with Crippen LogP contribution in [0.3, 0.4) is 0 Å². The van der Waals surface area contributed by atoms with Gasteiger partial charge in [0, 0.05) is 38.6 Å². The van der Waals surface area contributed by atoms with E-state index >= 15 is 0 Å². The van der Waals surface area contributed by atoms with Gasteiger partial charge in [-0.15, -0.1) is 0 Å². The highest BCUT2D eigenvalue weighted by Crippen LogP contribution is 2.26. The quantitative estimate of drug-likeness (QED) is 0.677. The van der Waals surface area contributed by atoms with Crippen LogP contribution >= 0.6 is 0 Å². The van der Waals surface area contributed by atoms with Gasteiger partial charge >= 0.3 is 0 Å². The molecule has 0 aliphatic carbocycles. The van der Waals surface area contributed by atoms with E-state index in [1.165, 1.54) is 11.1 Å². The number of methoxy groups -OCH3 is 1. The zero-order valence-electron chi connectivity index (χ0n) is 16.5. The van der Waals surface area contributed by atoms with Crippen LogP contribution in [0.15, 0.2) is 54.6 Å². The number of nitrogens with two attached hydrogens (primary N) is 1. The third kappa shape index (κ3) is 5.57. The van der Waals surface area contributed by atoms with Gasteiger partial charge in [0.25, 0.3) is 0 Å².